The molecule has 2 aliphatic rings. The maximum absolute atomic E-state index is 11.9. The van der Waals surface area contributed by atoms with E-state index < -0.39 is 10.0 Å². The van der Waals surface area contributed by atoms with E-state index in [2.05, 4.69) is 14.6 Å². The standard InChI is InChI=1S/C13H21N3O3S/c1-10-14-12(9-19-10)8-16-6-4-11(5-7-16)15-20(17,18)13-2-3-13/h9,11,13,15H,2-8H2,1H3. The number of oxazole rings is 1. The van der Waals surface area contributed by atoms with Crippen molar-refractivity contribution in [2.24, 2.45) is 0 Å². The lowest BCUT2D eigenvalue weighted by Crippen LogP contribution is -2.45. The number of piperidine rings is 1. The lowest BCUT2D eigenvalue weighted by Gasteiger charge is -2.31. The van der Waals surface area contributed by atoms with Crippen LogP contribution in [0.4, 0.5) is 0 Å². The third kappa shape index (κ3) is 3.39. The predicted molar refractivity (Wildman–Crippen MR) is 74.6 cm³/mol. The number of likely N-dealkylation sites (tertiary alicyclic amines) is 1. The molecular formula is C13H21N3O3S. The summed E-state index contributed by atoms with van der Waals surface area (Å²) >= 11 is 0. The fraction of sp³-hybridized carbons (Fsp3) is 0.769. The minimum Gasteiger partial charge on any atom is -0.449 e. The second-order valence-electron chi connectivity index (χ2n) is 5.77. The molecule has 0 radical (unpaired) electrons. The zero-order valence-electron chi connectivity index (χ0n) is 11.7. The molecule has 1 saturated carbocycles. The summed E-state index contributed by atoms with van der Waals surface area (Å²) < 4.78 is 31.8. The normalized spacial score (nSPS) is 22.2. The summed E-state index contributed by atoms with van der Waals surface area (Å²) in [6.07, 6.45) is 5.06. The Morgan fingerprint density at radius 1 is 1.35 bits per heavy atom. The van der Waals surface area contributed by atoms with Crippen LogP contribution < -0.4 is 4.72 Å². The van der Waals surface area contributed by atoms with E-state index in [9.17, 15) is 8.42 Å². The minimum atomic E-state index is -3.06. The first kappa shape index (κ1) is 14.0. The second kappa shape index (κ2) is 5.46. The Bertz CT molecular complexity index is 557. The average Bonchev–Trinajstić information content (AvgIpc) is 3.17. The maximum atomic E-state index is 11.9. The van der Waals surface area contributed by atoms with Crippen molar-refractivity contribution in [2.75, 3.05) is 13.1 Å². The smallest absolute Gasteiger partial charge is 0.214 e. The first-order chi connectivity index (χ1) is 9.53. The number of nitrogens with one attached hydrogen (secondary N) is 1. The molecule has 0 spiro atoms. The molecule has 0 unspecified atom stereocenters. The number of nitrogens with zero attached hydrogens (tertiary/aromatic N) is 2. The number of aryl methyl sites for hydroxylation is 1. The Morgan fingerprint density at radius 3 is 2.60 bits per heavy atom. The molecule has 7 heteroatoms. The molecule has 0 atom stereocenters. The Labute approximate surface area is 119 Å². The molecule has 112 valence electrons. The van der Waals surface area contributed by atoms with Gasteiger partial charge in [-0.3, -0.25) is 4.90 Å². The van der Waals surface area contributed by atoms with Crippen LogP contribution in [0, 0.1) is 6.92 Å². The molecule has 1 N–H and O–H groups in total. The van der Waals surface area contributed by atoms with Crippen LogP contribution in [0.25, 0.3) is 0 Å². The number of rotatable bonds is 5. The molecule has 1 aromatic heterocycles. The molecule has 1 saturated heterocycles. The highest BCUT2D eigenvalue weighted by Gasteiger charge is 2.37. The van der Waals surface area contributed by atoms with Gasteiger partial charge in [-0.25, -0.2) is 18.1 Å². The number of aromatic nitrogens is 1. The van der Waals surface area contributed by atoms with Crippen LogP contribution in [0.1, 0.15) is 37.3 Å². The lowest BCUT2D eigenvalue weighted by atomic mass is 10.1. The van der Waals surface area contributed by atoms with Crippen LogP contribution in [0.3, 0.4) is 0 Å². The quantitative estimate of drug-likeness (QED) is 0.879. The van der Waals surface area contributed by atoms with Crippen molar-refractivity contribution in [3.8, 4) is 0 Å². The van der Waals surface area contributed by atoms with Gasteiger partial charge in [-0.2, -0.15) is 0 Å². The van der Waals surface area contributed by atoms with E-state index in [0.717, 1.165) is 51.0 Å². The van der Waals surface area contributed by atoms with Gasteiger partial charge in [0, 0.05) is 32.6 Å². The van der Waals surface area contributed by atoms with Gasteiger partial charge in [-0.1, -0.05) is 0 Å². The predicted octanol–water partition coefficient (Wildman–Crippen LogP) is 1.03. The monoisotopic (exact) mass is 299 g/mol. The molecule has 1 aliphatic heterocycles. The Morgan fingerprint density at radius 2 is 2.05 bits per heavy atom. The molecular weight excluding hydrogens is 278 g/mol. The first-order valence-electron chi connectivity index (χ1n) is 7.17. The molecule has 2 heterocycles. The van der Waals surface area contributed by atoms with Crippen molar-refractivity contribution in [3.63, 3.8) is 0 Å². The Hall–Kier alpha value is -0.920. The molecule has 6 nitrogen and oxygen atoms in total. The van der Waals surface area contributed by atoms with Crippen LogP contribution in [0.2, 0.25) is 0 Å². The van der Waals surface area contributed by atoms with Crippen molar-refractivity contribution < 1.29 is 12.8 Å². The average molecular weight is 299 g/mol. The summed E-state index contributed by atoms with van der Waals surface area (Å²) in [7, 11) is -3.06. The lowest BCUT2D eigenvalue weighted by molar-refractivity contribution is 0.198. The van der Waals surface area contributed by atoms with E-state index in [0.29, 0.717) is 5.89 Å². The van der Waals surface area contributed by atoms with Crippen LogP contribution in [0.5, 0.6) is 0 Å². The maximum Gasteiger partial charge on any atom is 0.214 e. The fourth-order valence-electron chi connectivity index (χ4n) is 2.63. The molecule has 0 bridgehead atoms. The topological polar surface area (TPSA) is 75.4 Å². The summed E-state index contributed by atoms with van der Waals surface area (Å²) in [5.74, 6) is 0.687. The van der Waals surface area contributed by atoms with Gasteiger partial charge in [0.1, 0.15) is 6.26 Å². The molecule has 1 aliphatic carbocycles. The van der Waals surface area contributed by atoms with Gasteiger partial charge in [-0.05, 0) is 25.7 Å². The van der Waals surface area contributed by atoms with E-state index in [1.54, 1.807) is 6.26 Å². The van der Waals surface area contributed by atoms with E-state index in [1.807, 2.05) is 6.92 Å². The summed E-state index contributed by atoms with van der Waals surface area (Å²) in [5, 5.41) is -0.126. The molecule has 2 fully saturated rings. The highest BCUT2D eigenvalue weighted by molar-refractivity contribution is 7.90. The number of sulfonamides is 1. The van der Waals surface area contributed by atoms with Gasteiger partial charge in [0.2, 0.25) is 10.0 Å². The van der Waals surface area contributed by atoms with Crippen LogP contribution in [0.15, 0.2) is 10.7 Å². The van der Waals surface area contributed by atoms with E-state index >= 15 is 0 Å². The van der Waals surface area contributed by atoms with E-state index in [1.165, 1.54) is 0 Å². The fourth-order valence-corrected chi connectivity index (χ4v) is 4.28. The van der Waals surface area contributed by atoms with Gasteiger partial charge >= 0.3 is 0 Å². The van der Waals surface area contributed by atoms with Crippen LogP contribution >= 0.6 is 0 Å². The van der Waals surface area contributed by atoms with Gasteiger partial charge in [0.05, 0.1) is 10.9 Å². The SMILES string of the molecule is Cc1nc(CN2CCC(NS(=O)(=O)C3CC3)CC2)co1. The van der Waals surface area contributed by atoms with Crippen LogP contribution in [-0.2, 0) is 16.6 Å². The zero-order valence-corrected chi connectivity index (χ0v) is 12.5. The molecule has 0 amide bonds. The van der Waals surface area contributed by atoms with Gasteiger partial charge in [-0.15, -0.1) is 0 Å². The van der Waals surface area contributed by atoms with Crippen molar-refractivity contribution in [1.29, 1.82) is 0 Å². The highest BCUT2D eigenvalue weighted by Crippen LogP contribution is 2.28. The largest absolute Gasteiger partial charge is 0.449 e. The van der Waals surface area contributed by atoms with Crippen molar-refractivity contribution >= 4 is 10.0 Å². The number of hydrogen-bond acceptors (Lipinski definition) is 5. The molecule has 1 aromatic rings. The minimum absolute atomic E-state index is 0.0934. The number of hydrogen-bond donors (Lipinski definition) is 1. The van der Waals surface area contributed by atoms with Crippen molar-refractivity contribution in [2.45, 2.75) is 50.4 Å². The molecule has 3 rings (SSSR count). The van der Waals surface area contributed by atoms with Crippen molar-refractivity contribution in [3.05, 3.63) is 17.8 Å². The zero-order chi connectivity index (χ0) is 14.2. The van der Waals surface area contributed by atoms with E-state index in [4.69, 9.17) is 4.42 Å². The van der Waals surface area contributed by atoms with Gasteiger partial charge in [0.15, 0.2) is 5.89 Å². The summed E-state index contributed by atoms with van der Waals surface area (Å²) in [6.45, 7) is 4.40. The summed E-state index contributed by atoms with van der Waals surface area (Å²) in [4.78, 5) is 6.59. The summed E-state index contributed by atoms with van der Waals surface area (Å²) in [6, 6.07) is 0.0934. The Balaban J connectivity index is 1.47. The second-order valence-corrected chi connectivity index (χ2v) is 7.76. The van der Waals surface area contributed by atoms with E-state index in [-0.39, 0.29) is 11.3 Å². The van der Waals surface area contributed by atoms with Gasteiger partial charge in [0.25, 0.3) is 0 Å². The third-order valence-electron chi connectivity index (χ3n) is 3.93. The van der Waals surface area contributed by atoms with Crippen LogP contribution in [-0.4, -0.2) is 42.7 Å². The van der Waals surface area contributed by atoms with Gasteiger partial charge < -0.3 is 4.42 Å². The summed E-state index contributed by atoms with van der Waals surface area (Å²) in [5.41, 5.74) is 0.944. The first-order valence-corrected chi connectivity index (χ1v) is 8.72. The van der Waals surface area contributed by atoms with Crippen molar-refractivity contribution in [1.82, 2.24) is 14.6 Å². The molecule has 20 heavy (non-hydrogen) atoms. The highest BCUT2D eigenvalue weighted by atomic mass is 32.2. The third-order valence-corrected chi connectivity index (χ3v) is 5.94. The Kier molecular flexibility index (Phi) is 3.83. The molecule has 0 aromatic carbocycles.